The number of non-ortho nitro benzene ring substituents is 1. The fourth-order valence-corrected chi connectivity index (χ4v) is 4.16. The maximum Gasteiger partial charge on any atom is 0.270 e. The van der Waals surface area contributed by atoms with Crippen molar-refractivity contribution in [3.8, 4) is 11.5 Å². The molecule has 7 nitrogen and oxygen atoms in total. The molecule has 0 unspecified atom stereocenters. The van der Waals surface area contributed by atoms with Crippen LogP contribution < -0.4 is 9.47 Å². The number of thioether (sulfide) groups is 1. The summed E-state index contributed by atoms with van der Waals surface area (Å²) in [6.07, 6.45) is 2.22. The standard InChI is InChI=1S/C20H18N2O5S2/c1-26-16-7-6-13(11-17(16)27-2)8-9-21-19(23)18(29-20(21)28)12-14-4-3-5-15(10-14)22(24)25/h3-7,10-12H,8-9H2,1-2H3/b18-12+. The Balaban J connectivity index is 1.72. The number of nitro benzene ring substituents is 1. The van der Waals surface area contributed by atoms with E-state index in [0.717, 1.165) is 5.56 Å². The topological polar surface area (TPSA) is 81.9 Å². The average Bonchev–Trinajstić information content (AvgIpc) is 2.98. The third-order valence-corrected chi connectivity index (χ3v) is 5.70. The molecule has 150 valence electrons. The fraction of sp³-hybridized carbons (Fsp3) is 0.200. The quantitative estimate of drug-likeness (QED) is 0.284. The van der Waals surface area contributed by atoms with Crippen molar-refractivity contribution in [2.24, 2.45) is 0 Å². The highest BCUT2D eigenvalue weighted by Gasteiger charge is 2.31. The van der Waals surface area contributed by atoms with Gasteiger partial charge in [0, 0.05) is 18.7 Å². The monoisotopic (exact) mass is 430 g/mol. The molecular weight excluding hydrogens is 412 g/mol. The average molecular weight is 431 g/mol. The Morgan fingerprint density at radius 1 is 1.17 bits per heavy atom. The van der Waals surface area contributed by atoms with Gasteiger partial charge in [0.1, 0.15) is 4.32 Å². The number of thiocarbonyl (C=S) groups is 1. The van der Waals surface area contributed by atoms with Crippen LogP contribution in [0.25, 0.3) is 6.08 Å². The van der Waals surface area contributed by atoms with Gasteiger partial charge >= 0.3 is 0 Å². The highest BCUT2D eigenvalue weighted by atomic mass is 32.2. The summed E-state index contributed by atoms with van der Waals surface area (Å²) >= 11 is 6.55. The van der Waals surface area contributed by atoms with Gasteiger partial charge in [0.05, 0.1) is 24.0 Å². The Labute approximate surface area is 177 Å². The molecule has 3 rings (SSSR count). The lowest BCUT2D eigenvalue weighted by atomic mass is 10.1. The number of methoxy groups -OCH3 is 2. The molecule has 0 bridgehead atoms. The van der Waals surface area contributed by atoms with Crippen molar-refractivity contribution in [1.29, 1.82) is 0 Å². The number of carbonyl (C=O) groups excluding carboxylic acids is 1. The van der Waals surface area contributed by atoms with E-state index in [0.29, 0.717) is 39.3 Å². The van der Waals surface area contributed by atoms with E-state index in [-0.39, 0.29) is 11.6 Å². The molecule has 1 aliphatic heterocycles. The highest BCUT2D eigenvalue weighted by molar-refractivity contribution is 8.26. The molecule has 1 fully saturated rings. The van der Waals surface area contributed by atoms with E-state index >= 15 is 0 Å². The molecule has 1 amide bonds. The Kier molecular flexibility index (Phi) is 6.50. The first-order valence-electron chi connectivity index (χ1n) is 8.63. The number of ether oxygens (including phenoxy) is 2. The number of hydrogen-bond acceptors (Lipinski definition) is 7. The molecule has 0 N–H and O–H groups in total. The molecule has 29 heavy (non-hydrogen) atoms. The molecule has 1 heterocycles. The lowest BCUT2D eigenvalue weighted by molar-refractivity contribution is -0.384. The van der Waals surface area contributed by atoms with Crippen molar-refractivity contribution < 1.29 is 19.2 Å². The Hall–Kier alpha value is -2.91. The van der Waals surface area contributed by atoms with Crippen LogP contribution in [-0.2, 0) is 11.2 Å². The van der Waals surface area contributed by atoms with Crippen LogP contribution in [0, 0.1) is 10.1 Å². The maximum absolute atomic E-state index is 12.8. The summed E-state index contributed by atoms with van der Waals surface area (Å²) in [6.45, 7) is 0.423. The van der Waals surface area contributed by atoms with Gasteiger partial charge in [0.25, 0.3) is 11.6 Å². The SMILES string of the molecule is COc1ccc(CCN2C(=O)/C(=C\c3cccc([N+](=O)[O-])c3)SC2=S)cc1OC. The van der Waals surface area contributed by atoms with Gasteiger partial charge in [0.15, 0.2) is 11.5 Å². The van der Waals surface area contributed by atoms with Gasteiger partial charge in [-0.2, -0.15) is 0 Å². The van der Waals surface area contributed by atoms with Crippen LogP contribution in [0.5, 0.6) is 11.5 Å². The molecule has 2 aromatic rings. The largest absolute Gasteiger partial charge is 0.493 e. The Morgan fingerprint density at radius 2 is 1.93 bits per heavy atom. The predicted molar refractivity (Wildman–Crippen MR) is 116 cm³/mol. The van der Waals surface area contributed by atoms with Crippen molar-refractivity contribution >= 4 is 46.0 Å². The number of nitrogens with zero attached hydrogens (tertiary/aromatic N) is 2. The number of amides is 1. The van der Waals surface area contributed by atoms with Crippen molar-refractivity contribution in [3.63, 3.8) is 0 Å². The predicted octanol–water partition coefficient (Wildman–Crippen LogP) is 4.06. The summed E-state index contributed by atoms with van der Waals surface area (Å²) < 4.78 is 11.0. The third-order valence-electron chi connectivity index (χ3n) is 4.32. The number of hydrogen-bond donors (Lipinski definition) is 0. The minimum atomic E-state index is -0.467. The summed E-state index contributed by atoms with van der Waals surface area (Å²) in [5.41, 5.74) is 1.54. The molecule has 0 saturated carbocycles. The summed E-state index contributed by atoms with van der Waals surface area (Å²) in [5, 5.41) is 10.9. The van der Waals surface area contributed by atoms with E-state index in [1.54, 1.807) is 37.3 Å². The fourth-order valence-electron chi connectivity index (χ4n) is 2.85. The molecule has 1 aliphatic rings. The zero-order chi connectivity index (χ0) is 21.0. The van der Waals surface area contributed by atoms with Gasteiger partial charge in [-0.05, 0) is 35.8 Å². The normalized spacial score (nSPS) is 15.1. The van der Waals surface area contributed by atoms with Gasteiger partial charge in [0.2, 0.25) is 0 Å². The summed E-state index contributed by atoms with van der Waals surface area (Å²) in [5.74, 6) is 1.06. The molecule has 0 spiro atoms. The van der Waals surface area contributed by atoms with Crippen LogP contribution in [0.2, 0.25) is 0 Å². The molecule has 0 atom stereocenters. The zero-order valence-electron chi connectivity index (χ0n) is 15.8. The van der Waals surface area contributed by atoms with Crippen molar-refractivity contribution in [2.75, 3.05) is 20.8 Å². The molecule has 0 radical (unpaired) electrons. The smallest absolute Gasteiger partial charge is 0.270 e. The van der Waals surface area contributed by atoms with E-state index in [2.05, 4.69) is 0 Å². The van der Waals surface area contributed by atoms with E-state index in [9.17, 15) is 14.9 Å². The van der Waals surface area contributed by atoms with E-state index < -0.39 is 4.92 Å². The minimum Gasteiger partial charge on any atom is -0.493 e. The summed E-state index contributed by atoms with van der Waals surface area (Å²) in [4.78, 5) is 25.2. The van der Waals surface area contributed by atoms with Crippen LogP contribution in [0.1, 0.15) is 11.1 Å². The number of benzene rings is 2. The van der Waals surface area contributed by atoms with Gasteiger partial charge in [-0.25, -0.2) is 0 Å². The van der Waals surface area contributed by atoms with E-state index in [1.807, 2.05) is 18.2 Å². The lowest BCUT2D eigenvalue weighted by Gasteiger charge is -2.15. The van der Waals surface area contributed by atoms with Crippen LogP contribution >= 0.6 is 24.0 Å². The first-order chi connectivity index (χ1) is 13.9. The lowest BCUT2D eigenvalue weighted by Crippen LogP contribution is -2.30. The van der Waals surface area contributed by atoms with Crippen LogP contribution in [0.15, 0.2) is 47.4 Å². The van der Waals surface area contributed by atoms with Crippen LogP contribution in [0.3, 0.4) is 0 Å². The van der Waals surface area contributed by atoms with Crippen LogP contribution in [-0.4, -0.2) is 40.8 Å². The third kappa shape index (κ3) is 4.75. The number of rotatable bonds is 7. The Morgan fingerprint density at radius 3 is 2.62 bits per heavy atom. The van der Waals surface area contributed by atoms with Gasteiger partial charge in [-0.15, -0.1) is 0 Å². The highest BCUT2D eigenvalue weighted by Crippen LogP contribution is 2.33. The van der Waals surface area contributed by atoms with Gasteiger partial charge in [-0.3, -0.25) is 19.8 Å². The molecule has 0 aromatic heterocycles. The van der Waals surface area contributed by atoms with Crippen molar-refractivity contribution in [1.82, 2.24) is 4.90 Å². The zero-order valence-corrected chi connectivity index (χ0v) is 17.4. The molecule has 9 heteroatoms. The maximum atomic E-state index is 12.8. The van der Waals surface area contributed by atoms with E-state index in [4.69, 9.17) is 21.7 Å². The summed E-state index contributed by atoms with van der Waals surface area (Å²) in [6, 6.07) is 11.7. The van der Waals surface area contributed by atoms with Crippen molar-refractivity contribution in [2.45, 2.75) is 6.42 Å². The number of carbonyl (C=O) groups is 1. The second-order valence-corrected chi connectivity index (χ2v) is 7.80. The molecule has 0 aliphatic carbocycles. The molecular formula is C20H18N2O5S2. The van der Waals surface area contributed by atoms with Crippen LogP contribution in [0.4, 0.5) is 5.69 Å². The first-order valence-corrected chi connectivity index (χ1v) is 9.86. The van der Waals surface area contributed by atoms with Gasteiger partial charge < -0.3 is 9.47 Å². The first kappa shape index (κ1) is 20.8. The minimum absolute atomic E-state index is 0.0253. The van der Waals surface area contributed by atoms with Gasteiger partial charge in [-0.1, -0.05) is 42.2 Å². The van der Waals surface area contributed by atoms with E-state index in [1.165, 1.54) is 23.9 Å². The Bertz CT molecular complexity index is 1010. The molecule has 2 aromatic carbocycles. The molecule has 1 saturated heterocycles. The second-order valence-electron chi connectivity index (χ2n) is 6.12. The van der Waals surface area contributed by atoms with Crippen molar-refractivity contribution in [3.05, 3.63) is 68.6 Å². The summed E-state index contributed by atoms with van der Waals surface area (Å²) in [7, 11) is 3.15. The second kappa shape index (κ2) is 9.06. The number of nitro groups is 1.